The van der Waals surface area contributed by atoms with Crippen molar-refractivity contribution in [3.05, 3.63) is 49.1 Å². The average Bonchev–Trinajstić information content (AvgIpc) is 2.05. The van der Waals surface area contributed by atoms with E-state index in [1.54, 1.807) is 6.08 Å². The molecule has 0 saturated heterocycles. The molecule has 0 bridgehead atoms. The van der Waals surface area contributed by atoms with Crippen molar-refractivity contribution in [1.82, 2.24) is 0 Å². The van der Waals surface area contributed by atoms with Crippen molar-refractivity contribution >= 4 is 0 Å². The Balaban J connectivity index is 0. The molecular formula is C13H18Co. The van der Waals surface area contributed by atoms with E-state index in [9.17, 15) is 0 Å². The zero-order chi connectivity index (χ0) is 9.78. The second-order valence-electron chi connectivity index (χ2n) is 2.76. The van der Waals surface area contributed by atoms with E-state index in [1.807, 2.05) is 19.1 Å². The van der Waals surface area contributed by atoms with Crippen LogP contribution in [0.25, 0.3) is 0 Å². The summed E-state index contributed by atoms with van der Waals surface area (Å²) in [7, 11) is 0. The first-order valence-corrected chi connectivity index (χ1v) is 4.79. The Kier molecular flexibility index (Phi) is 17.0. The monoisotopic (exact) mass is 233 g/mol. The van der Waals surface area contributed by atoms with Crippen LogP contribution in [0.1, 0.15) is 32.6 Å². The van der Waals surface area contributed by atoms with E-state index in [1.165, 1.54) is 25.3 Å². The Morgan fingerprint density at radius 1 is 1.36 bits per heavy atom. The van der Waals surface area contributed by atoms with Crippen LogP contribution in [0, 0.1) is 12.7 Å². The molecule has 0 aromatic rings. The van der Waals surface area contributed by atoms with Gasteiger partial charge in [0.2, 0.25) is 0 Å². The summed E-state index contributed by atoms with van der Waals surface area (Å²) >= 11 is 0. The fourth-order valence-electron chi connectivity index (χ4n) is 0.916. The molecule has 0 amide bonds. The molecule has 0 atom stereocenters. The summed E-state index contributed by atoms with van der Waals surface area (Å²) in [5.41, 5.74) is 0. The van der Waals surface area contributed by atoms with Crippen LogP contribution in [0.15, 0.2) is 36.5 Å². The second kappa shape index (κ2) is 15.0. The van der Waals surface area contributed by atoms with Crippen molar-refractivity contribution in [3.63, 3.8) is 0 Å². The predicted molar refractivity (Wildman–Crippen MR) is 59.1 cm³/mol. The van der Waals surface area contributed by atoms with Gasteiger partial charge in [0.05, 0.1) is 0 Å². The van der Waals surface area contributed by atoms with Gasteiger partial charge in [-0.1, -0.05) is 26.2 Å². The minimum atomic E-state index is 0. The van der Waals surface area contributed by atoms with Crippen molar-refractivity contribution in [3.8, 4) is 0 Å². The first-order valence-electron chi connectivity index (χ1n) is 4.79. The number of hydrogen-bond acceptors (Lipinski definition) is 0. The van der Waals surface area contributed by atoms with Gasteiger partial charge in [0.15, 0.2) is 0 Å². The Bertz CT molecular complexity index is 173. The minimum absolute atomic E-state index is 0. The van der Waals surface area contributed by atoms with Crippen LogP contribution in [0.4, 0.5) is 0 Å². The second-order valence-corrected chi connectivity index (χ2v) is 2.76. The molecule has 0 aromatic carbocycles. The molecule has 14 heavy (non-hydrogen) atoms. The SMILES string of the molecule is [C-]1=CC=CCCCC1.[CH-]=CC=CC.[Co+2]. The molecule has 1 rings (SSSR count). The first kappa shape index (κ1) is 15.9. The molecule has 0 saturated carbocycles. The molecule has 1 heteroatoms. The van der Waals surface area contributed by atoms with Crippen LogP contribution in [0.5, 0.6) is 0 Å². The van der Waals surface area contributed by atoms with Crippen LogP contribution in [-0.2, 0) is 16.8 Å². The zero-order valence-electron chi connectivity index (χ0n) is 8.70. The normalized spacial score (nSPS) is 14.6. The van der Waals surface area contributed by atoms with E-state index < -0.39 is 0 Å². The van der Waals surface area contributed by atoms with Crippen LogP contribution < -0.4 is 0 Å². The van der Waals surface area contributed by atoms with Gasteiger partial charge in [0, 0.05) is 0 Å². The maximum atomic E-state index is 4.93. The smallest absolute Gasteiger partial charge is 0.293 e. The summed E-state index contributed by atoms with van der Waals surface area (Å²) in [6.45, 7) is 6.85. The molecule has 0 fully saturated rings. The molecule has 0 unspecified atom stereocenters. The molecule has 0 heterocycles. The van der Waals surface area contributed by atoms with Crippen molar-refractivity contribution in [1.29, 1.82) is 0 Å². The van der Waals surface area contributed by atoms with Gasteiger partial charge in [0.25, 0.3) is 0 Å². The van der Waals surface area contributed by atoms with Gasteiger partial charge < -0.3 is 0 Å². The quantitative estimate of drug-likeness (QED) is 0.474. The van der Waals surface area contributed by atoms with Crippen LogP contribution in [0.2, 0.25) is 0 Å². The molecule has 0 spiro atoms. The molecule has 79 valence electrons. The molecule has 1 aliphatic carbocycles. The molecule has 0 nitrogen and oxygen atoms in total. The van der Waals surface area contributed by atoms with Crippen molar-refractivity contribution in [2.45, 2.75) is 32.6 Å². The summed E-state index contributed by atoms with van der Waals surface area (Å²) in [5.74, 6) is 0. The minimum Gasteiger partial charge on any atom is -0.293 e. The Labute approximate surface area is 98.7 Å². The third-order valence-electron chi connectivity index (χ3n) is 1.60. The third kappa shape index (κ3) is 14.0. The first-order chi connectivity index (χ1) is 6.41. The maximum Gasteiger partial charge on any atom is 2.00 e. The average molecular weight is 233 g/mol. The molecule has 0 aliphatic heterocycles. The van der Waals surface area contributed by atoms with E-state index in [0.717, 1.165) is 6.42 Å². The number of rotatable bonds is 1. The summed E-state index contributed by atoms with van der Waals surface area (Å²) in [6, 6.07) is 0. The van der Waals surface area contributed by atoms with Crippen LogP contribution >= 0.6 is 0 Å². The van der Waals surface area contributed by atoms with E-state index in [2.05, 4.69) is 18.2 Å². The van der Waals surface area contributed by atoms with Gasteiger partial charge in [-0.25, -0.2) is 24.3 Å². The van der Waals surface area contributed by atoms with E-state index >= 15 is 0 Å². The topological polar surface area (TPSA) is 0 Å². The van der Waals surface area contributed by atoms with Gasteiger partial charge in [-0.3, -0.25) is 12.7 Å². The Morgan fingerprint density at radius 2 is 2.14 bits per heavy atom. The van der Waals surface area contributed by atoms with Crippen molar-refractivity contribution in [2.24, 2.45) is 0 Å². The zero-order valence-corrected chi connectivity index (χ0v) is 9.74. The van der Waals surface area contributed by atoms with Gasteiger partial charge in [-0.2, -0.15) is 12.2 Å². The number of allylic oxidation sites excluding steroid dienone is 7. The fourth-order valence-corrected chi connectivity index (χ4v) is 0.916. The van der Waals surface area contributed by atoms with Gasteiger partial charge in [0.1, 0.15) is 0 Å². The van der Waals surface area contributed by atoms with Gasteiger partial charge >= 0.3 is 16.8 Å². The van der Waals surface area contributed by atoms with Gasteiger partial charge in [-0.15, -0.1) is 6.42 Å². The van der Waals surface area contributed by atoms with E-state index in [4.69, 9.17) is 6.58 Å². The molecule has 0 aromatic heterocycles. The summed E-state index contributed by atoms with van der Waals surface area (Å²) in [6.07, 6.45) is 19.7. The Morgan fingerprint density at radius 3 is 2.71 bits per heavy atom. The van der Waals surface area contributed by atoms with Crippen LogP contribution in [0.3, 0.4) is 0 Å². The molecule has 1 radical (unpaired) electrons. The van der Waals surface area contributed by atoms with Crippen molar-refractivity contribution < 1.29 is 16.8 Å². The molecule has 1 aliphatic rings. The van der Waals surface area contributed by atoms with Crippen molar-refractivity contribution in [2.75, 3.05) is 0 Å². The molecule has 0 N–H and O–H groups in total. The summed E-state index contributed by atoms with van der Waals surface area (Å²) in [4.78, 5) is 0. The summed E-state index contributed by atoms with van der Waals surface area (Å²) in [5, 5.41) is 0. The largest absolute Gasteiger partial charge is 2.00 e. The van der Waals surface area contributed by atoms with E-state index in [-0.39, 0.29) is 16.8 Å². The predicted octanol–water partition coefficient (Wildman–Crippen LogP) is 4.03. The van der Waals surface area contributed by atoms with Crippen LogP contribution in [-0.4, -0.2) is 0 Å². The maximum absolute atomic E-state index is 4.93. The summed E-state index contributed by atoms with van der Waals surface area (Å²) < 4.78 is 0. The number of hydrogen-bond donors (Lipinski definition) is 0. The fraction of sp³-hybridized carbons (Fsp3) is 0.385. The van der Waals surface area contributed by atoms with Gasteiger partial charge in [-0.05, 0) is 0 Å². The van der Waals surface area contributed by atoms with E-state index in [0.29, 0.717) is 0 Å². The molecular weight excluding hydrogens is 215 g/mol. The standard InChI is InChI=1S/C8H11.C5H7.Co/c1-2-4-6-8-7-5-3-1;1-3-5-4-2;/h1-3H,4,6-8H2;1,3-5H,2H3;/q2*-1;+2. The third-order valence-corrected chi connectivity index (χ3v) is 1.60. The Hall–Kier alpha value is -0.534.